The zero-order valence-corrected chi connectivity index (χ0v) is 7.46. The maximum Gasteiger partial charge on any atom is 0.129 e. The molecule has 56 valence electrons. The molecule has 0 aliphatic carbocycles. The van der Waals surface area contributed by atoms with E-state index >= 15 is 0 Å². The van der Waals surface area contributed by atoms with E-state index in [1.54, 1.807) is 6.20 Å². The monoisotopic (exact) mass is 177 g/mol. The fraction of sp³-hybridized carbons (Fsp3) is 0.286. The van der Waals surface area contributed by atoms with Gasteiger partial charge in [0.2, 0.25) is 0 Å². The van der Waals surface area contributed by atoms with Crippen molar-refractivity contribution < 1.29 is 0 Å². The van der Waals surface area contributed by atoms with E-state index in [1.165, 1.54) is 11.1 Å². The molecule has 0 saturated heterocycles. The van der Waals surface area contributed by atoms with Crippen LogP contribution in [0.2, 0.25) is 5.15 Å². The molecule has 0 unspecified atom stereocenters. The second-order valence-electron chi connectivity index (χ2n) is 2.09. The third-order valence-electron chi connectivity index (χ3n) is 1.34. The molecule has 1 nitrogen and oxygen atoms in total. The predicted octanol–water partition coefficient (Wildman–Crippen LogP) is 2.77. The Kier molecular flexibility index (Phi) is 3.69. The summed E-state index contributed by atoms with van der Waals surface area (Å²) in [7, 11) is 0. The number of hydrogen-bond acceptors (Lipinski definition) is 1. The summed E-state index contributed by atoms with van der Waals surface area (Å²) in [6.45, 7) is 4.03. The molecule has 1 aromatic heterocycles. The van der Waals surface area contributed by atoms with Crippen LogP contribution in [0.3, 0.4) is 0 Å². The molecular weight excluding hydrogens is 169 g/mol. The lowest BCUT2D eigenvalue weighted by Gasteiger charge is -1.96. The van der Waals surface area contributed by atoms with Gasteiger partial charge in [-0.1, -0.05) is 11.6 Å². The molecule has 1 aromatic rings. The van der Waals surface area contributed by atoms with Crippen LogP contribution in [0, 0.1) is 13.8 Å². The quantitative estimate of drug-likeness (QED) is 0.556. The van der Waals surface area contributed by atoms with Gasteiger partial charge in [0.15, 0.2) is 0 Å². The Morgan fingerprint density at radius 3 is 2.30 bits per heavy atom. The van der Waals surface area contributed by atoms with E-state index in [-0.39, 0.29) is 12.4 Å². The van der Waals surface area contributed by atoms with Crippen LogP contribution >= 0.6 is 24.0 Å². The second kappa shape index (κ2) is 3.79. The molecule has 0 fully saturated rings. The van der Waals surface area contributed by atoms with Crippen LogP contribution in [-0.2, 0) is 0 Å². The highest BCUT2D eigenvalue weighted by molar-refractivity contribution is 6.29. The summed E-state index contributed by atoms with van der Waals surface area (Å²) in [6.07, 6.45) is 1.78. The molecule has 0 radical (unpaired) electrons. The number of pyridine rings is 1. The summed E-state index contributed by atoms with van der Waals surface area (Å²) in [5, 5.41) is 0.568. The number of aryl methyl sites for hydroxylation is 2. The first-order valence-corrected chi connectivity index (χ1v) is 3.16. The van der Waals surface area contributed by atoms with Gasteiger partial charge in [0.05, 0.1) is 0 Å². The molecule has 0 bridgehead atoms. The van der Waals surface area contributed by atoms with Gasteiger partial charge in [0, 0.05) is 6.20 Å². The first-order valence-electron chi connectivity index (χ1n) is 2.79. The van der Waals surface area contributed by atoms with E-state index in [9.17, 15) is 0 Å². The molecule has 3 heteroatoms. The Labute approximate surface area is 71.8 Å². The van der Waals surface area contributed by atoms with E-state index in [1.807, 2.05) is 19.9 Å². The normalized spacial score (nSPS) is 8.70. The van der Waals surface area contributed by atoms with Crippen molar-refractivity contribution in [2.45, 2.75) is 13.8 Å². The lowest BCUT2D eigenvalue weighted by atomic mass is 10.2. The van der Waals surface area contributed by atoms with Crippen LogP contribution in [0.1, 0.15) is 11.1 Å². The SMILES string of the molecule is Cc1cnc(Cl)cc1C.Cl. The molecule has 0 atom stereocenters. The maximum atomic E-state index is 5.61. The van der Waals surface area contributed by atoms with E-state index in [4.69, 9.17) is 11.6 Å². The average Bonchev–Trinajstić information content (AvgIpc) is 1.80. The molecule has 0 saturated carbocycles. The van der Waals surface area contributed by atoms with E-state index in [0.29, 0.717) is 5.15 Å². The average molecular weight is 178 g/mol. The number of hydrogen-bond donors (Lipinski definition) is 0. The van der Waals surface area contributed by atoms with Gasteiger partial charge in [-0.2, -0.15) is 0 Å². The smallest absolute Gasteiger partial charge is 0.129 e. The minimum absolute atomic E-state index is 0. The first-order chi connectivity index (χ1) is 4.20. The summed E-state index contributed by atoms with van der Waals surface area (Å²) in [6, 6.07) is 1.86. The van der Waals surface area contributed by atoms with Crippen LogP contribution in [0.15, 0.2) is 12.3 Å². The van der Waals surface area contributed by atoms with Gasteiger partial charge in [-0.3, -0.25) is 0 Å². The highest BCUT2D eigenvalue weighted by Gasteiger charge is 1.91. The van der Waals surface area contributed by atoms with Crippen molar-refractivity contribution in [2.75, 3.05) is 0 Å². The third kappa shape index (κ3) is 2.16. The van der Waals surface area contributed by atoms with Crippen LogP contribution in [0.4, 0.5) is 0 Å². The summed E-state index contributed by atoms with van der Waals surface area (Å²) < 4.78 is 0. The standard InChI is InChI=1S/C7H8ClN.ClH/c1-5-3-7(8)9-4-6(5)2;/h3-4H,1-2H3;1H. The molecule has 0 spiro atoms. The minimum Gasteiger partial charge on any atom is -0.244 e. The van der Waals surface area contributed by atoms with Gasteiger partial charge < -0.3 is 0 Å². The minimum atomic E-state index is 0. The fourth-order valence-electron chi connectivity index (χ4n) is 0.590. The van der Waals surface area contributed by atoms with Gasteiger partial charge in [-0.05, 0) is 31.0 Å². The Morgan fingerprint density at radius 1 is 1.30 bits per heavy atom. The van der Waals surface area contributed by atoms with Crippen LogP contribution in [0.5, 0.6) is 0 Å². The van der Waals surface area contributed by atoms with Crippen molar-refractivity contribution >= 4 is 24.0 Å². The zero-order chi connectivity index (χ0) is 6.85. The number of rotatable bonds is 0. The molecule has 10 heavy (non-hydrogen) atoms. The van der Waals surface area contributed by atoms with Gasteiger partial charge in [0.1, 0.15) is 5.15 Å². The highest BCUT2D eigenvalue weighted by atomic mass is 35.5. The number of nitrogens with zero attached hydrogens (tertiary/aromatic N) is 1. The first kappa shape index (κ1) is 9.73. The van der Waals surface area contributed by atoms with Gasteiger partial charge in [0.25, 0.3) is 0 Å². The molecule has 1 rings (SSSR count). The van der Waals surface area contributed by atoms with Crippen LogP contribution in [-0.4, -0.2) is 4.98 Å². The van der Waals surface area contributed by atoms with Crippen molar-refractivity contribution in [2.24, 2.45) is 0 Å². The van der Waals surface area contributed by atoms with E-state index in [2.05, 4.69) is 4.98 Å². The molecule has 0 aromatic carbocycles. The summed E-state index contributed by atoms with van der Waals surface area (Å²) in [5.41, 5.74) is 2.37. The van der Waals surface area contributed by atoms with Crippen molar-refractivity contribution in [3.63, 3.8) is 0 Å². The molecule has 0 aliphatic heterocycles. The van der Waals surface area contributed by atoms with Crippen molar-refractivity contribution in [3.8, 4) is 0 Å². The van der Waals surface area contributed by atoms with E-state index < -0.39 is 0 Å². The Balaban J connectivity index is 0.000000810. The van der Waals surface area contributed by atoms with Gasteiger partial charge >= 0.3 is 0 Å². The highest BCUT2D eigenvalue weighted by Crippen LogP contribution is 2.09. The Hall–Kier alpha value is -0.270. The maximum absolute atomic E-state index is 5.61. The third-order valence-corrected chi connectivity index (χ3v) is 1.55. The molecule has 0 amide bonds. The zero-order valence-electron chi connectivity index (χ0n) is 5.89. The largest absolute Gasteiger partial charge is 0.244 e. The Morgan fingerprint density at radius 2 is 1.90 bits per heavy atom. The van der Waals surface area contributed by atoms with E-state index in [0.717, 1.165) is 0 Å². The van der Waals surface area contributed by atoms with Gasteiger partial charge in [-0.15, -0.1) is 12.4 Å². The Bertz CT molecular complexity index is 223. The fourth-order valence-corrected chi connectivity index (χ4v) is 0.803. The summed E-state index contributed by atoms with van der Waals surface area (Å²) >= 11 is 5.61. The summed E-state index contributed by atoms with van der Waals surface area (Å²) in [5.74, 6) is 0. The molecule has 0 N–H and O–H groups in total. The second-order valence-corrected chi connectivity index (χ2v) is 2.48. The van der Waals surface area contributed by atoms with Crippen LogP contribution in [0.25, 0.3) is 0 Å². The topological polar surface area (TPSA) is 12.9 Å². The predicted molar refractivity (Wildman–Crippen MR) is 46.0 cm³/mol. The van der Waals surface area contributed by atoms with Crippen LogP contribution < -0.4 is 0 Å². The molecular formula is C7H9Cl2N. The molecule has 1 heterocycles. The number of halogens is 2. The van der Waals surface area contributed by atoms with Gasteiger partial charge in [-0.25, -0.2) is 4.98 Å². The summed E-state index contributed by atoms with van der Waals surface area (Å²) in [4.78, 5) is 3.90. The lowest BCUT2D eigenvalue weighted by Crippen LogP contribution is -1.81. The van der Waals surface area contributed by atoms with Crippen molar-refractivity contribution in [3.05, 3.63) is 28.5 Å². The van der Waals surface area contributed by atoms with Crippen molar-refractivity contribution in [1.82, 2.24) is 4.98 Å². The number of aromatic nitrogens is 1. The molecule has 0 aliphatic rings. The lowest BCUT2D eigenvalue weighted by molar-refractivity contribution is 1.22. The van der Waals surface area contributed by atoms with Crippen molar-refractivity contribution in [1.29, 1.82) is 0 Å².